The van der Waals surface area contributed by atoms with E-state index in [-0.39, 0.29) is 6.61 Å². The maximum absolute atomic E-state index is 13.2. The van der Waals surface area contributed by atoms with Crippen molar-refractivity contribution in [3.8, 4) is 0 Å². The van der Waals surface area contributed by atoms with Crippen molar-refractivity contribution < 1.29 is 19.0 Å². The van der Waals surface area contributed by atoms with Crippen LogP contribution in [0, 0.1) is 0 Å². The summed E-state index contributed by atoms with van der Waals surface area (Å²) >= 11 is 1.33. The molecule has 14 heavy (non-hydrogen) atoms. The number of ether oxygens (including phenoxy) is 1. The van der Waals surface area contributed by atoms with E-state index in [0.29, 0.717) is 5.56 Å². The third-order valence-electron chi connectivity index (χ3n) is 1.67. The number of carbonyl (C=O) groups is 1. The molecule has 3 nitrogen and oxygen atoms in total. The van der Waals surface area contributed by atoms with Crippen LogP contribution >= 0.6 is 11.3 Å². The quantitative estimate of drug-likeness (QED) is 0.782. The molecule has 0 radical (unpaired) electrons. The monoisotopic (exact) mass is 218 g/mol. The Kier molecular flexibility index (Phi) is 4.03. The molecule has 2 atom stereocenters. The summed E-state index contributed by atoms with van der Waals surface area (Å²) in [6.07, 6.45) is -3.44. The van der Waals surface area contributed by atoms with Gasteiger partial charge in [0, 0.05) is 0 Å². The molecule has 0 bridgehead atoms. The molecule has 0 aliphatic carbocycles. The second kappa shape index (κ2) is 5.07. The van der Waals surface area contributed by atoms with Gasteiger partial charge in [-0.1, -0.05) is 0 Å². The largest absolute Gasteiger partial charge is 0.464 e. The molecule has 0 fully saturated rings. The second-order valence-corrected chi connectivity index (χ2v) is 3.44. The maximum atomic E-state index is 13.2. The summed E-state index contributed by atoms with van der Waals surface area (Å²) in [5, 5.41) is 12.7. The highest BCUT2D eigenvalue weighted by molar-refractivity contribution is 7.07. The standard InChI is InChI=1S/C9H11FO3S/c1-2-13-9(12)7(10)8(11)6-3-4-14-5-6/h3-5,7-8,11H,2H2,1H3. The number of aliphatic hydroxyl groups excluding tert-OH is 1. The van der Waals surface area contributed by atoms with Gasteiger partial charge in [-0.15, -0.1) is 0 Å². The zero-order chi connectivity index (χ0) is 10.6. The molecule has 1 rings (SSSR count). The van der Waals surface area contributed by atoms with Crippen LogP contribution in [-0.4, -0.2) is 23.9 Å². The van der Waals surface area contributed by atoms with E-state index in [1.807, 2.05) is 0 Å². The summed E-state index contributed by atoms with van der Waals surface area (Å²) in [6, 6.07) is 1.57. The van der Waals surface area contributed by atoms with Crippen LogP contribution in [0.4, 0.5) is 4.39 Å². The van der Waals surface area contributed by atoms with Crippen LogP contribution in [0.2, 0.25) is 0 Å². The van der Waals surface area contributed by atoms with E-state index >= 15 is 0 Å². The number of halogens is 1. The van der Waals surface area contributed by atoms with Gasteiger partial charge in [0.25, 0.3) is 0 Å². The van der Waals surface area contributed by atoms with Crippen molar-refractivity contribution in [1.29, 1.82) is 0 Å². The first-order chi connectivity index (χ1) is 6.66. The minimum atomic E-state index is -2.01. The van der Waals surface area contributed by atoms with Crippen LogP contribution in [0.5, 0.6) is 0 Å². The fraction of sp³-hybridized carbons (Fsp3) is 0.444. The van der Waals surface area contributed by atoms with Crippen molar-refractivity contribution >= 4 is 17.3 Å². The Morgan fingerprint density at radius 1 is 1.79 bits per heavy atom. The molecule has 5 heteroatoms. The van der Waals surface area contributed by atoms with Crippen LogP contribution in [0.1, 0.15) is 18.6 Å². The zero-order valence-corrected chi connectivity index (χ0v) is 8.46. The van der Waals surface area contributed by atoms with Crippen LogP contribution in [-0.2, 0) is 9.53 Å². The summed E-state index contributed by atoms with van der Waals surface area (Å²) < 4.78 is 17.7. The lowest BCUT2D eigenvalue weighted by molar-refractivity contribution is -0.153. The molecule has 0 spiro atoms. The lowest BCUT2D eigenvalue weighted by Gasteiger charge is -2.12. The van der Waals surface area contributed by atoms with Gasteiger partial charge in [-0.25, -0.2) is 9.18 Å². The lowest BCUT2D eigenvalue weighted by Crippen LogP contribution is -2.25. The first-order valence-corrected chi connectivity index (χ1v) is 5.12. The second-order valence-electron chi connectivity index (χ2n) is 2.66. The Hall–Kier alpha value is -0.940. The van der Waals surface area contributed by atoms with Crippen molar-refractivity contribution in [2.45, 2.75) is 19.2 Å². The van der Waals surface area contributed by atoms with E-state index in [2.05, 4.69) is 4.74 Å². The SMILES string of the molecule is CCOC(=O)C(F)C(O)c1ccsc1. The average molecular weight is 218 g/mol. The van der Waals surface area contributed by atoms with Gasteiger partial charge < -0.3 is 9.84 Å². The summed E-state index contributed by atoms with van der Waals surface area (Å²) in [4.78, 5) is 10.9. The minimum Gasteiger partial charge on any atom is -0.464 e. The molecule has 0 aliphatic rings. The molecule has 1 aromatic heterocycles. The normalized spacial score (nSPS) is 14.8. The van der Waals surface area contributed by atoms with Crippen LogP contribution in [0.25, 0.3) is 0 Å². The number of carbonyl (C=O) groups excluding carboxylic acids is 1. The van der Waals surface area contributed by atoms with Gasteiger partial charge in [-0.3, -0.25) is 0 Å². The molecule has 0 aliphatic heterocycles. The van der Waals surface area contributed by atoms with E-state index in [4.69, 9.17) is 0 Å². The maximum Gasteiger partial charge on any atom is 0.343 e. The van der Waals surface area contributed by atoms with Crippen molar-refractivity contribution in [3.05, 3.63) is 22.4 Å². The van der Waals surface area contributed by atoms with Crippen LogP contribution in [0.3, 0.4) is 0 Å². The number of rotatable bonds is 4. The number of hydrogen-bond acceptors (Lipinski definition) is 4. The first kappa shape index (κ1) is 11.1. The van der Waals surface area contributed by atoms with E-state index in [0.717, 1.165) is 0 Å². The number of thiophene rings is 1. The molecule has 0 saturated carbocycles. The Balaban J connectivity index is 2.61. The Morgan fingerprint density at radius 3 is 3.00 bits per heavy atom. The molecule has 1 aromatic rings. The van der Waals surface area contributed by atoms with Crippen LogP contribution < -0.4 is 0 Å². The van der Waals surface area contributed by atoms with Gasteiger partial charge in [0.15, 0.2) is 0 Å². The average Bonchev–Trinajstić information content (AvgIpc) is 2.68. The highest BCUT2D eigenvalue weighted by atomic mass is 32.1. The van der Waals surface area contributed by atoms with Gasteiger partial charge in [0.1, 0.15) is 6.10 Å². The van der Waals surface area contributed by atoms with Gasteiger partial charge >= 0.3 is 5.97 Å². The smallest absolute Gasteiger partial charge is 0.343 e. The van der Waals surface area contributed by atoms with Gasteiger partial charge in [-0.05, 0) is 29.3 Å². The predicted molar refractivity (Wildman–Crippen MR) is 50.8 cm³/mol. The Labute approximate surface area is 85.1 Å². The van der Waals surface area contributed by atoms with Crippen LogP contribution in [0.15, 0.2) is 16.8 Å². The summed E-state index contributed by atoms with van der Waals surface area (Å²) in [6.45, 7) is 1.69. The first-order valence-electron chi connectivity index (χ1n) is 4.17. The molecule has 0 aromatic carbocycles. The number of alkyl halides is 1. The number of esters is 1. The van der Waals surface area contributed by atoms with E-state index < -0.39 is 18.2 Å². The predicted octanol–water partition coefficient (Wildman–Crippen LogP) is 1.68. The third kappa shape index (κ3) is 2.52. The fourth-order valence-electron chi connectivity index (χ4n) is 0.963. The van der Waals surface area contributed by atoms with Gasteiger partial charge in [0.05, 0.1) is 6.61 Å². The molecule has 1 heterocycles. The summed E-state index contributed by atoms with van der Waals surface area (Å²) in [5.41, 5.74) is 0.399. The van der Waals surface area contributed by atoms with Gasteiger partial charge in [0.2, 0.25) is 6.17 Å². The van der Waals surface area contributed by atoms with Crippen molar-refractivity contribution in [2.75, 3.05) is 6.61 Å². The highest BCUT2D eigenvalue weighted by Crippen LogP contribution is 2.22. The van der Waals surface area contributed by atoms with E-state index in [1.54, 1.807) is 23.8 Å². The van der Waals surface area contributed by atoms with Crippen molar-refractivity contribution in [1.82, 2.24) is 0 Å². The number of hydrogen-bond donors (Lipinski definition) is 1. The van der Waals surface area contributed by atoms with E-state index in [9.17, 15) is 14.3 Å². The highest BCUT2D eigenvalue weighted by Gasteiger charge is 2.29. The molecule has 78 valence electrons. The van der Waals surface area contributed by atoms with Crippen molar-refractivity contribution in [2.24, 2.45) is 0 Å². The molecule has 1 N–H and O–H groups in total. The molecule has 0 amide bonds. The Morgan fingerprint density at radius 2 is 2.50 bits per heavy atom. The minimum absolute atomic E-state index is 0.107. The lowest BCUT2D eigenvalue weighted by atomic mass is 10.1. The zero-order valence-electron chi connectivity index (χ0n) is 7.64. The number of aliphatic hydroxyl groups is 1. The molecule has 0 saturated heterocycles. The third-order valence-corrected chi connectivity index (χ3v) is 2.38. The molecule has 2 unspecified atom stereocenters. The topological polar surface area (TPSA) is 46.5 Å². The summed E-state index contributed by atoms with van der Waals surface area (Å²) in [5.74, 6) is -1.02. The van der Waals surface area contributed by atoms with Gasteiger partial charge in [-0.2, -0.15) is 11.3 Å². The van der Waals surface area contributed by atoms with Crippen molar-refractivity contribution in [3.63, 3.8) is 0 Å². The summed E-state index contributed by atoms with van der Waals surface area (Å²) in [7, 11) is 0. The fourth-order valence-corrected chi connectivity index (χ4v) is 1.65. The molecular formula is C9H11FO3S. The molecular weight excluding hydrogens is 207 g/mol. The van der Waals surface area contributed by atoms with E-state index in [1.165, 1.54) is 11.3 Å². The Bertz CT molecular complexity index is 286.